The van der Waals surface area contributed by atoms with Crippen LogP contribution < -0.4 is 11.1 Å². The normalized spacial score (nSPS) is 8.93. The van der Waals surface area contributed by atoms with Crippen LogP contribution >= 0.6 is 21.6 Å². The highest BCUT2D eigenvalue weighted by molar-refractivity contribution is 8.76. The van der Waals surface area contributed by atoms with Crippen LogP contribution in [0.4, 0.5) is 0 Å². The van der Waals surface area contributed by atoms with Gasteiger partial charge in [-0.15, -0.1) is 0 Å². The van der Waals surface area contributed by atoms with E-state index < -0.39 is 0 Å². The number of nitrogens with one attached hydrogen (secondary N) is 1. The number of hydrogen-bond acceptors (Lipinski definition) is 4. The fourth-order valence-corrected chi connectivity index (χ4v) is 2.43. The SMILES string of the molecule is [B]C#CCNC(=O)CCSSCCN. The quantitative estimate of drug-likeness (QED) is 0.278. The molecule has 0 saturated carbocycles. The number of amides is 1. The lowest BCUT2D eigenvalue weighted by molar-refractivity contribution is -0.120. The average molecular weight is 228 g/mol. The van der Waals surface area contributed by atoms with Crippen molar-refractivity contribution in [3.05, 3.63) is 0 Å². The average Bonchev–Trinajstić information content (AvgIpc) is 2.18. The van der Waals surface area contributed by atoms with Gasteiger partial charge in [-0.2, -0.15) is 5.82 Å². The van der Waals surface area contributed by atoms with Crippen LogP contribution in [0.15, 0.2) is 0 Å². The number of carbonyl (C=O) groups excluding carboxylic acids is 1. The van der Waals surface area contributed by atoms with Crippen LogP contribution in [0.2, 0.25) is 0 Å². The Bertz CT molecular complexity index is 215. The standard InChI is InChI=1S/C8H13BN2OS2/c9-3-1-5-11-8(12)2-6-13-14-7-4-10/h2,4-7,10H2,(H,11,12). The molecule has 3 N–H and O–H groups in total. The second-order valence-electron chi connectivity index (χ2n) is 2.28. The fraction of sp³-hybridized carbons (Fsp3) is 0.625. The predicted octanol–water partition coefficient (Wildman–Crippen LogP) is -0.0378. The van der Waals surface area contributed by atoms with Crippen molar-refractivity contribution in [2.75, 3.05) is 24.6 Å². The Balaban J connectivity index is 3.21. The Labute approximate surface area is 94.1 Å². The van der Waals surface area contributed by atoms with Crippen molar-refractivity contribution in [2.24, 2.45) is 5.73 Å². The number of carbonyl (C=O) groups is 1. The zero-order chi connectivity index (χ0) is 10.6. The first-order chi connectivity index (χ1) is 6.81. The summed E-state index contributed by atoms with van der Waals surface area (Å²) >= 11 is 0. The first-order valence-corrected chi connectivity index (χ1v) is 6.69. The molecule has 0 aromatic heterocycles. The lowest BCUT2D eigenvalue weighted by Crippen LogP contribution is -2.23. The molecule has 0 aliphatic rings. The molecule has 0 atom stereocenters. The predicted molar refractivity (Wildman–Crippen MR) is 65.1 cm³/mol. The zero-order valence-electron chi connectivity index (χ0n) is 7.91. The third kappa shape index (κ3) is 9.84. The van der Waals surface area contributed by atoms with Gasteiger partial charge in [0.1, 0.15) is 0 Å². The largest absolute Gasteiger partial charge is 0.345 e. The minimum atomic E-state index is 0.00796. The highest BCUT2D eigenvalue weighted by Gasteiger charge is 1.98. The third-order valence-electron chi connectivity index (χ3n) is 1.17. The maximum Gasteiger partial charge on any atom is 0.221 e. The van der Waals surface area contributed by atoms with E-state index in [1.807, 2.05) is 0 Å². The lowest BCUT2D eigenvalue weighted by atomic mass is 10.2. The lowest BCUT2D eigenvalue weighted by Gasteiger charge is -2.00. The molecule has 0 spiro atoms. The molecule has 3 nitrogen and oxygen atoms in total. The van der Waals surface area contributed by atoms with Crippen LogP contribution in [0, 0.1) is 11.7 Å². The summed E-state index contributed by atoms with van der Waals surface area (Å²) in [4.78, 5) is 11.1. The fourth-order valence-electron chi connectivity index (χ4n) is 0.583. The zero-order valence-corrected chi connectivity index (χ0v) is 9.55. The van der Waals surface area contributed by atoms with Crippen LogP contribution in [0.25, 0.3) is 0 Å². The molecule has 0 rings (SSSR count). The van der Waals surface area contributed by atoms with Gasteiger partial charge in [0.2, 0.25) is 5.91 Å². The van der Waals surface area contributed by atoms with E-state index in [9.17, 15) is 4.79 Å². The summed E-state index contributed by atoms with van der Waals surface area (Å²) in [5, 5.41) is 2.63. The molecule has 0 heterocycles. The Morgan fingerprint density at radius 1 is 1.43 bits per heavy atom. The minimum absolute atomic E-state index is 0.00796. The van der Waals surface area contributed by atoms with Gasteiger partial charge in [-0.3, -0.25) is 4.79 Å². The number of nitrogens with two attached hydrogens (primary N) is 1. The first-order valence-electron chi connectivity index (χ1n) is 4.21. The van der Waals surface area contributed by atoms with E-state index in [2.05, 4.69) is 17.1 Å². The first kappa shape index (κ1) is 13.8. The van der Waals surface area contributed by atoms with Gasteiger partial charge >= 0.3 is 0 Å². The van der Waals surface area contributed by atoms with Crippen molar-refractivity contribution < 1.29 is 4.79 Å². The second kappa shape index (κ2) is 10.8. The van der Waals surface area contributed by atoms with Crippen molar-refractivity contribution in [3.8, 4) is 11.7 Å². The number of hydrogen-bond donors (Lipinski definition) is 2. The Morgan fingerprint density at radius 3 is 2.79 bits per heavy atom. The number of rotatable bonds is 7. The van der Waals surface area contributed by atoms with Crippen LogP contribution in [-0.4, -0.2) is 38.3 Å². The van der Waals surface area contributed by atoms with Gasteiger partial charge in [-0.05, 0) is 0 Å². The Kier molecular flexibility index (Phi) is 10.6. The Hall–Kier alpha value is -0.245. The van der Waals surface area contributed by atoms with E-state index in [1.165, 1.54) is 0 Å². The van der Waals surface area contributed by atoms with E-state index in [1.54, 1.807) is 21.6 Å². The molecule has 0 aliphatic carbocycles. The Morgan fingerprint density at radius 2 is 2.14 bits per heavy atom. The van der Waals surface area contributed by atoms with Gasteiger partial charge in [0.25, 0.3) is 0 Å². The summed E-state index contributed by atoms with van der Waals surface area (Å²) in [6.07, 6.45) is 0.508. The molecule has 2 radical (unpaired) electrons. The molecular formula is C8H13BN2OS2. The van der Waals surface area contributed by atoms with Gasteiger partial charge in [-0.25, -0.2) is 0 Å². The molecule has 0 saturated heterocycles. The van der Waals surface area contributed by atoms with Gasteiger partial charge in [0.15, 0.2) is 7.85 Å². The van der Waals surface area contributed by atoms with Crippen LogP contribution in [0.1, 0.15) is 6.42 Å². The van der Waals surface area contributed by atoms with Crippen LogP contribution in [0.5, 0.6) is 0 Å². The van der Waals surface area contributed by atoms with Gasteiger partial charge < -0.3 is 11.1 Å². The summed E-state index contributed by atoms with van der Waals surface area (Å²) in [7, 11) is 8.29. The molecule has 0 fully saturated rings. The molecule has 0 aromatic carbocycles. The topological polar surface area (TPSA) is 55.1 Å². The van der Waals surface area contributed by atoms with Gasteiger partial charge in [0.05, 0.1) is 6.54 Å². The monoisotopic (exact) mass is 228 g/mol. The van der Waals surface area contributed by atoms with Crippen LogP contribution in [-0.2, 0) is 4.79 Å². The van der Waals surface area contributed by atoms with Crippen molar-refractivity contribution in [2.45, 2.75) is 6.42 Å². The van der Waals surface area contributed by atoms with E-state index in [0.717, 1.165) is 11.5 Å². The molecule has 1 amide bonds. The van der Waals surface area contributed by atoms with Gasteiger partial charge in [0, 0.05) is 24.5 Å². The third-order valence-corrected chi connectivity index (χ3v) is 3.61. The maximum atomic E-state index is 11.1. The van der Waals surface area contributed by atoms with E-state index in [4.69, 9.17) is 13.6 Å². The molecule has 76 valence electrons. The maximum absolute atomic E-state index is 11.1. The van der Waals surface area contributed by atoms with E-state index in [-0.39, 0.29) is 5.91 Å². The van der Waals surface area contributed by atoms with Gasteiger partial charge in [-0.1, -0.05) is 27.5 Å². The van der Waals surface area contributed by atoms with Crippen molar-refractivity contribution in [3.63, 3.8) is 0 Å². The van der Waals surface area contributed by atoms with Crippen molar-refractivity contribution in [1.82, 2.24) is 5.32 Å². The molecule has 0 unspecified atom stereocenters. The highest BCUT2D eigenvalue weighted by Crippen LogP contribution is 2.20. The van der Waals surface area contributed by atoms with E-state index >= 15 is 0 Å². The van der Waals surface area contributed by atoms with Crippen molar-refractivity contribution >= 4 is 35.3 Å². The van der Waals surface area contributed by atoms with Crippen LogP contribution in [0.3, 0.4) is 0 Å². The molecule has 0 aromatic rings. The molecular weight excluding hydrogens is 215 g/mol. The highest BCUT2D eigenvalue weighted by atomic mass is 33.1. The summed E-state index contributed by atoms with van der Waals surface area (Å²) in [6.45, 7) is 1.01. The van der Waals surface area contributed by atoms with Crippen molar-refractivity contribution in [1.29, 1.82) is 0 Å². The smallest absolute Gasteiger partial charge is 0.221 e. The minimum Gasteiger partial charge on any atom is -0.345 e. The molecule has 0 bridgehead atoms. The van der Waals surface area contributed by atoms with E-state index in [0.29, 0.717) is 19.5 Å². The summed E-state index contributed by atoms with van der Waals surface area (Å²) < 4.78 is 0. The molecule has 6 heteroatoms. The second-order valence-corrected chi connectivity index (χ2v) is 4.98. The summed E-state index contributed by atoms with van der Waals surface area (Å²) in [5.41, 5.74) is 5.31. The molecule has 14 heavy (non-hydrogen) atoms. The summed E-state index contributed by atoms with van der Waals surface area (Å²) in [6, 6.07) is 0. The summed E-state index contributed by atoms with van der Waals surface area (Å²) in [5.74, 6) is 6.50. The molecule has 0 aliphatic heterocycles.